The van der Waals surface area contributed by atoms with E-state index in [1.54, 1.807) is 0 Å². The molecular formula is C13H28OSi. The summed E-state index contributed by atoms with van der Waals surface area (Å²) in [6.07, 6.45) is 9.59. The number of unbranched alkanes of at least 4 members (excludes halogenated alkanes) is 3. The molecule has 0 aromatic carbocycles. The Labute approximate surface area is 97.6 Å². The molecule has 0 aromatic heterocycles. The summed E-state index contributed by atoms with van der Waals surface area (Å²) < 4.78 is 6.04. The van der Waals surface area contributed by atoms with Gasteiger partial charge in [0.2, 0.25) is 0 Å². The Morgan fingerprint density at radius 2 is 1.67 bits per heavy atom. The van der Waals surface area contributed by atoms with Crippen molar-refractivity contribution in [2.75, 3.05) is 6.61 Å². The molecule has 0 aromatic rings. The molecule has 0 saturated carbocycles. The minimum absolute atomic E-state index is 0.846. The molecule has 0 N–H and O–H groups in total. The number of allylic oxidation sites excluding steroid dienone is 1. The first-order valence-corrected chi connectivity index (χ1v) is 8.68. The van der Waals surface area contributed by atoms with Gasteiger partial charge < -0.3 is 4.43 Å². The van der Waals surface area contributed by atoms with Crippen LogP contribution in [0.5, 0.6) is 0 Å². The molecule has 15 heavy (non-hydrogen) atoms. The zero-order valence-corrected chi connectivity index (χ0v) is 11.8. The van der Waals surface area contributed by atoms with Gasteiger partial charge in [0.1, 0.15) is 0 Å². The summed E-state index contributed by atoms with van der Waals surface area (Å²) in [6.45, 7) is 9.23. The quantitative estimate of drug-likeness (QED) is 0.291. The highest BCUT2D eigenvalue weighted by atomic mass is 28.3. The van der Waals surface area contributed by atoms with Crippen molar-refractivity contribution in [3.8, 4) is 0 Å². The molecule has 0 saturated heterocycles. The average molecular weight is 228 g/mol. The molecule has 0 bridgehead atoms. The molecule has 0 aliphatic rings. The summed E-state index contributed by atoms with van der Waals surface area (Å²) in [5.41, 5.74) is 0. The molecule has 0 unspecified atom stereocenters. The van der Waals surface area contributed by atoms with Crippen molar-refractivity contribution in [3.05, 3.63) is 12.7 Å². The third kappa shape index (κ3) is 10.2. The topological polar surface area (TPSA) is 9.23 Å². The lowest BCUT2D eigenvalue weighted by molar-refractivity contribution is 0.310. The standard InChI is InChI=1S/C13H28OSi/c1-4-7-10-11-14-15(12-8-5-2)13-9-6-3/h4,15H,1,5-13H2,2-3H3. The lowest BCUT2D eigenvalue weighted by Gasteiger charge is -2.15. The lowest BCUT2D eigenvalue weighted by atomic mass is 10.3. The van der Waals surface area contributed by atoms with Crippen molar-refractivity contribution in [1.82, 2.24) is 0 Å². The Morgan fingerprint density at radius 3 is 2.13 bits per heavy atom. The van der Waals surface area contributed by atoms with E-state index < -0.39 is 9.04 Å². The van der Waals surface area contributed by atoms with Crippen LogP contribution >= 0.6 is 0 Å². The second-order valence-corrected chi connectivity index (χ2v) is 6.94. The van der Waals surface area contributed by atoms with Crippen LogP contribution in [0.15, 0.2) is 12.7 Å². The largest absolute Gasteiger partial charge is 0.420 e. The molecule has 0 aliphatic carbocycles. The summed E-state index contributed by atoms with van der Waals surface area (Å²) in [6, 6.07) is 2.76. The van der Waals surface area contributed by atoms with Gasteiger partial charge in [0, 0.05) is 6.61 Å². The van der Waals surface area contributed by atoms with Gasteiger partial charge in [-0.3, -0.25) is 0 Å². The lowest BCUT2D eigenvalue weighted by Crippen LogP contribution is -2.18. The highest BCUT2D eigenvalue weighted by Crippen LogP contribution is 2.11. The predicted octanol–water partition coefficient (Wildman–Crippen LogP) is 4.29. The molecule has 0 amide bonds. The minimum atomic E-state index is -0.846. The first-order chi connectivity index (χ1) is 7.35. The Kier molecular flexibility index (Phi) is 11.9. The maximum absolute atomic E-state index is 6.04. The van der Waals surface area contributed by atoms with Crippen LogP contribution in [0.4, 0.5) is 0 Å². The van der Waals surface area contributed by atoms with Crippen molar-refractivity contribution in [3.63, 3.8) is 0 Å². The van der Waals surface area contributed by atoms with Gasteiger partial charge in [-0.25, -0.2) is 0 Å². The maximum atomic E-state index is 6.04. The van der Waals surface area contributed by atoms with Gasteiger partial charge in [-0.05, 0) is 24.9 Å². The summed E-state index contributed by atoms with van der Waals surface area (Å²) in [5.74, 6) is 0. The number of hydrogen-bond acceptors (Lipinski definition) is 1. The molecule has 0 spiro atoms. The van der Waals surface area contributed by atoms with Gasteiger partial charge in [0.05, 0.1) is 0 Å². The van der Waals surface area contributed by atoms with Crippen LogP contribution in [0.25, 0.3) is 0 Å². The van der Waals surface area contributed by atoms with Gasteiger partial charge in [-0.2, -0.15) is 0 Å². The van der Waals surface area contributed by atoms with Gasteiger partial charge in [0.15, 0.2) is 9.04 Å². The Balaban J connectivity index is 3.53. The van der Waals surface area contributed by atoms with E-state index in [9.17, 15) is 0 Å². The first-order valence-electron chi connectivity index (χ1n) is 6.57. The number of hydrogen-bond donors (Lipinski definition) is 0. The van der Waals surface area contributed by atoms with Crippen molar-refractivity contribution >= 4 is 9.04 Å². The van der Waals surface area contributed by atoms with Crippen molar-refractivity contribution in [1.29, 1.82) is 0 Å². The zero-order valence-electron chi connectivity index (χ0n) is 10.6. The summed E-state index contributed by atoms with van der Waals surface area (Å²) >= 11 is 0. The second kappa shape index (κ2) is 12.0. The summed E-state index contributed by atoms with van der Waals surface area (Å²) in [7, 11) is -0.846. The molecule has 0 radical (unpaired) electrons. The van der Waals surface area contributed by atoms with Gasteiger partial charge in [0.25, 0.3) is 0 Å². The number of rotatable bonds is 11. The highest BCUT2D eigenvalue weighted by molar-refractivity contribution is 6.51. The fourth-order valence-electron chi connectivity index (χ4n) is 1.65. The molecular weight excluding hydrogens is 200 g/mol. The molecule has 0 fully saturated rings. The molecule has 0 aliphatic heterocycles. The van der Waals surface area contributed by atoms with E-state index in [1.165, 1.54) is 37.8 Å². The monoisotopic (exact) mass is 228 g/mol. The highest BCUT2D eigenvalue weighted by Gasteiger charge is 2.10. The van der Waals surface area contributed by atoms with Crippen LogP contribution in [0.3, 0.4) is 0 Å². The van der Waals surface area contributed by atoms with E-state index in [2.05, 4.69) is 20.4 Å². The Hall–Kier alpha value is -0.0831. The maximum Gasteiger partial charge on any atom is 0.176 e. The van der Waals surface area contributed by atoms with E-state index in [-0.39, 0.29) is 0 Å². The van der Waals surface area contributed by atoms with E-state index in [0.717, 1.165) is 19.4 Å². The van der Waals surface area contributed by atoms with Crippen LogP contribution < -0.4 is 0 Å². The Morgan fingerprint density at radius 1 is 1.07 bits per heavy atom. The van der Waals surface area contributed by atoms with Crippen LogP contribution in [-0.2, 0) is 4.43 Å². The minimum Gasteiger partial charge on any atom is -0.420 e. The molecule has 1 nitrogen and oxygen atoms in total. The van der Waals surface area contributed by atoms with Crippen molar-refractivity contribution in [2.45, 2.75) is 64.5 Å². The van der Waals surface area contributed by atoms with E-state index in [4.69, 9.17) is 4.43 Å². The van der Waals surface area contributed by atoms with Crippen molar-refractivity contribution in [2.24, 2.45) is 0 Å². The van der Waals surface area contributed by atoms with Crippen LogP contribution in [0.1, 0.15) is 52.4 Å². The Bertz CT molecular complexity index is 128. The predicted molar refractivity (Wildman–Crippen MR) is 72.0 cm³/mol. The van der Waals surface area contributed by atoms with Gasteiger partial charge in [-0.1, -0.05) is 45.6 Å². The average Bonchev–Trinajstić information content (AvgIpc) is 2.27. The van der Waals surface area contributed by atoms with E-state index in [1.807, 2.05) is 6.08 Å². The fourth-order valence-corrected chi connectivity index (χ4v) is 4.50. The zero-order chi connectivity index (χ0) is 11.4. The van der Waals surface area contributed by atoms with Crippen LogP contribution in [0, 0.1) is 0 Å². The summed E-state index contributed by atoms with van der Waals surface area (Å²) in [4.78, 5) is 0. The van der Waals surface area contributed by atoms with E-state index in [0.29, 0.717) is 0 Å². The third-order valence-corrected chi connectivity index (χ3v) is 5.48. The van der Waals surface area contributed by atoms with Crippen LogP contribution in [0.2, 0.25) is 12.1 Å². The molecule has 2 heteroatoms. The smallest absolute Gasteiger partial charge is 0.176 e. The fraction of sp³-hybridized carbons (Fsp3) is 0.846. The molecule has 90 valence electrons. The first kappa shape index (κ1) is 14.9. The molecule has 0 rings (SSSR count). The molecule has 0 atom stereocenters. The SMILES string of the molecule is C=CCCCO[SiH](CCCC)CCCC. The normalized spacial score (nSPS) is 10.9. The van der Waals surface area contributed by atoms with E-state index >= 15 is 0 Å². The van der Waals surface area contributed by atoms with Gasteiger partial charge >= 0.3 is 0 Å². The second-order valence-electron chi connectivity index (χ2n) is 4.21. The summed E-state index contributed by atoms with van der Waals surface area (Å²) in [5, 5.41) is 0. The molecule has 0 heterocycles. The van der Waals surface area contributed by atoms with Crippen LogP contribution in [-0.4, -0.2) is 15.6 Å². The third-order valence-electron chi connectivity index (χ3n) is 2.67. The van der Waals surface area contributed by atoms with Crippen molar-refractivity contribution < 1.29 is 4.43 Å². The van der Waals surface area contributed by atoms with Gasteiger partial charge in [-0.15, -0.1) is 6.58 Å².